The van der Waals surface area contributed by atoms with Crippen LogP contribution < -0.4 is 10.7 Å². The van der Waals surface area contributed by atoms with Crippen LogP contribution in [0.5, 0.6) is 0 Å². The third-order valence-electron chi connectivity index (χ3n) is 3.69. The first-order valence-corrected chi connectivity index (χ1v) is 6.59. The van der Waals surface area contributed by atoms with E-state index in [0.717, 1.165) is 22.8 Å². The molecule has 19 heavy (non-hydrogen) atoms. The molecule has 0 N–H and O–H groups in total. The Bertz CT molecular complexity index is 775. The zero-order chi connectivity index (χ0) is 13.4. The molecule has 1 heteroatoms. The molecule has 0 spiro atoms. The second kappa shape index (κ2) is 4.43. The van der Waals surface area contributed by atoms with Crippen LogP contribution in [0, 0.1) is 0 Å². The standard InChI is InChI=1S/C18H17N/c1-4-15-9-11-16(12-10-15)19-13(2)17-7-5-6-8-18(17)14(19)3/h5-12H,2-4H2,1H3. The number of hydrogen-bond acceptors (Lipinski definition) is 0. The van der Waals surface area contributed by atoms with Crippen molar-refractivity contribution in [3.05, 3.63) is 64.8 Å². The summed E-state index contributed by atoms with van der Waals surface area (Å²) in [6.07, 6.45) is 1.06. The minimum Gasteiger partial charge on any atom is -0.310 e. The van der Waals surface area contributed by atoms with Crippen LogP contribution in [-0.2, 0) is 6.42 Å². The fraction of sp³-hybridized carbons (Fsp3) is 0.111. The molecule has 1 nitrogen and oxygen atoms in total. The molecule has 0 amide bonds. The maximum absolute atomic E-state index is 4.21. The fourth-order valence-corrected chi connectivity index (χ4v) is 2.58. The van der Waals surface area contributed by atoms with Gasteiger partial charge in [-0.3, -0.25) is 0 Å². The molecule has 0 atom stereocenters. The van der Waals surface area contributed by atoms with Gasteiger partial charge in [-0.25, -0.2) is 0 Å². The molecule has 0 fully saturated rings. The van der Waals surface area contributed by atoms with E-state index in [1.165, 1.54) is 16.3 Å². The van der Waals surface area contributed by atoms with Crippen LogP contribution in [0.15, 0.2) is 48.5 Å². The van der Waals surface area contributed by atoms with Crippen molar-refractivity contribution in [1.29, 1.82) is 0 Å². The molecule has 1 aromatic heterocycles. The van der Waals surface area contributed by atoms with Gasteiger partial charge in [0.25, 0.3) is 0 Å². The summed E-state index contributed by atoms with van der Waals surface area (Å²) in [4.78, 5) is 0. The quantitative estimate of drug-likeness (QED) is 0.656. The molecule has 0 saturated heterocycles. The van der Waals surface area contributed by atoms with E-state index in [1.54, 1.807) is 0 Å². The van der Waals surface area contributed by atoms with Crippen molar-refractivity contribution < 1.29 is 0 Å². The lowest BCUT2D eigenvalue weighted by molar-refractivity contribution is 1.00. The first-order chi connectivity index (χ1) is 9.22. The molecule has 0 aliphatic rings. The molecule has 3 rings (SSSR count). The van der Waals surface area contributed by atoms with Crippen LogP contribution in [0.4, 0.5) is 0 Å². The molecule has 0 bridgehead atoms. The van der Waals surface area contributed by atoms with E-state index in [9.17, 15) is 0 Å². The van der Waals surface area contributed by atoms with Crippen molar-refractivity contribution in [2.24, 2.45) is 0 Å². The predicted molar refractivity (Wildman–Crippen MR) is 82.9 cm³/mol. The Labute approximate surface area is 113 Å². The highest BCUT2D eigenvalue weighted by atomic mass is 15.0. The van der Waals surface area contributed by atoms with E-state index in [1.807, 2.05) is 12.1 Å². The van der Waals surface area contributed by atoms with Gasteiger partial charge >= 0.3 is 0 Å². The molecule has 0 radical (unpaired) electrons. The maximum Gasteiger partial charge on any atom is 0.0469 e. The summed E-state index contributed by atoms with van der Waals surface area (Å²) in [6, 6.07) is 16.9. The second-order valence-electron chi connectivity index (χ2n) is 4.79. The second-order valence-corrected chi connectivity index (χ2v) is 4.79. The number of aromatic nitrogens is 1. The summed E-state index contributed by atoms with van der Waals surface area (Å²) in [7, 11) is 0. The average molecular weight is 247 g/mol. The summed E-state index contributed by atoms with van der Waals surface area (Å²) >= 11 is 0. The summed E-state index contributed by atoms with van der Waals surface area (Å²) in [6.45, 7) is 10.6. The van der Waals surface area contributed by atoms with E-state index in [2.05, 4.69) is 61.0 Å². The Balaban J connectivity index is 2.30. The molecular weight excluding hydrogens is 230 g/mol. The largest absolute Gasteiger partial charge is 0.310 e. The summed E-state index contributed by atoms with van der Waals surface area (Å²) < 4.78 is 2.13. The van der Waals surface area contributed by atoms with Gasteiger partial charge in [0.15, 0.2) is 0 Å². The molecule has 0 aliphatic carbocycles. The number of hydrogen-bond donors (Lipinski definition) is 0. The Morgan fingerprint density at radius 3 is 1.84 bits per heavy atom. The minimum atomic E-state index is 1.00. The highest BCUT2D eigenvalue weighted by Crippen LogP contribution is 2.11. The van der Waals surface area contributed by atoms with E-state index in [-0.39, 0.29) is 0 Å². The molecular formula is C18H17N. The molecule has 94 valence electrons. The first-order valence-electron chi connectivity index (χ1n) is 6.59. The van der Waals surface area contributed by atoms with Crippen molar-refractivity contribution >= 4 is 23.9 Å². The number of fused-ring (bicyclic) bond motifs is 1. The van der Waals surface area contributed by atoms with Crippen LogP contribution in [-0.4, -0.2) is 4.57 Å². The molecule has 1 heterocycles. The summed E-state index contributed by atoms with van der Waals surface area (Å²) in [5.41, 5.74) is 2.47. The monoisotopic (exact) mass is 247 g/mol. The summed E-state index contributed by atoms with van der Waals surface area (Å²) in [5.74, 6) is 0. The lowest BCUT2D eigenvalue weighted by Gasteiger charge is -2.05. The Hall–Kier alpha value is -2.28. The van der Waals surface area contributed by atoms with Gasteiger partial charge in [0.1, 0.15) is 0 Å². The zero-order valence-corrected chi connectivity index (χ0v) is 11.2. The van der Waals surface area contributed by atoms with Crippen molar-refractivity contribution in [3.63, 3.8) is 0 Å². The topological polar surface area (TPSA) is 4.93 Å². The Morgan fingerprint density at radius 2 is 1.37 bits per heavy atom. The summed E-state index contributed by atoms with van der Waals surface area (Å²) in [5, 5.41) is 4.36. The van der Waals surface area contributed by atoms with E-state index >= 15 is 0 Å². The van der Waals surface area contributed by atoms with E-state index in [0.29, 0.717) is 0 Å². The van der Waals surface area contributed by atoms with E-state index in [4.69, 9.17) is 0 Å². The molecule has 2 aromatic carbocycles. The van der Waals surface area contributed by atoms with Gasteiger partial charge in [-0.2, -0.15) is 0 Å². The zero-order valence-electron chi connectivity index (χ0n) is 11.2. The van der Waals surface area contributed by atoms with Crippen LogP contribution in [0.2, 0.25) is 0 Å². The number of nitrogens with zero attached hydrogens (tertiary/aromatic N) is 1. The molecule has 0 unspecified atom stereocenters. The average Bonchev–Trinajstić information content (AvgIpc) is 2.72. The Morgan fingerprint density at radius 1 is 0.842 bits per heavy atom. The minimum absolute atomic E-state index is 1.00. The number of aryl methyl sites for hydroxylation is 1. The lowest BCUT2D eigenvalue weighted by Crippen LogP contribution is -2.22. The molecule has 0 saturated carbocycles. The van der Waals surface area contributed by atoms with Gasteiger partial charge in [0.2, 0.25) is 0 Å². The first kappa shape index (κ1) is 11.8. The van der Waals surface area contributed by atoms with Gasteiger partial charge in [-0.05, 0) is 24.1 Å². The molecule has 0 aliphatic heterocycles. The van der Waals surface area contributed by atoms with Gasteiger partial charge in [0, 0.05) is 27.2 Å². The van der Waals surface area contributed by atoms with Crippen molar-refractivity contribution in [1.82, 2.24) is 4.57 Å². The lowest BCUT2D eigenvalue weighted by atomic mass is 10.1. The van der Waals surface area contributed by atoms with Gasteiger partial charge < -0.3 is 4.57 Å². The van der Waals surface area contributed by atoms with E-state index < -0.39 is 0 Å². The Kier molecular flexibility index (Phi) is 2.75. The maximum atomic E-state index is 4.21. The third kappa shape index (κ3) is 1.78. The number of rotatable bonds is 2. The molecule has 3 aromatic rings. The number of benzene rings is 2. The predicted octanol–water partition coefficient (Wildman–Crippen LogP) is 3.01. The normalized spacial score (nSPS) is 11.0. The highest BCUT2D eigenvalue weighted by Gasteiger charge is 2.05. The highest BCUT2D eigenvalue weighted by molar-refractivity contribution is 5.84. The van der Waals surface area contributed by atoms with Crippen LogP contribution in [0.3, 0.4) is 0 Å². The van der Waals surface area contributed by atoms with Crippen molar-refractivity contribution in [2.75, 3.05) is 0 Å². The van der Waals surface area contributed by atoms with Crippen molar-refractivity contribution in [2.45, 2.75) is 13.3 Å². The third-order valence-corrected chi connectivity index (χ3v) is 3.69. The van der Waals surface area contributed by atoms with Crippen molar-refractivity contribution in [3.8, 4) is 5.69 Å². The van der Waals surface area contributed by atoms with Crippen LogP contribution >= 0.6 is 0 Å². The van der Waals surface area contributed by atoms with Gasteiger partial charge in [-0.1, -0.05) is 56.5 Å². The smallest absolute Gasteiger partial charge is 0.0469 e. The van der Waals surface area contributed by atoms with Gasteiger partial charge in [-0.15, -0.1) is 0 Å². The SMILES string of the molecule is C=c1c2ccccc2c(=C)n1-c1ccc(CC)cc1. The van der Waals surface area contributed by atoms with Gasteiger partial charge in [0.05, 0.1) is 0 Å². The van der Waals surface area contributed by atoms with Crippen LogP contribution in [0.1, 0.15) is 12.5 Å². The fourth-order valence-electron chi connectivity index (χ4n) is 2.58. The van der Waals surface area contributed by atoms with Crippen LogP contribution in [0.25, 0.3) is 29.6 Å².